The van der Waals surface area contributed by atoms with E-state index in [1.165, 1.54) is 19.4 Å². The third kappa shape index (κ3) is 4.77. The molecule has 4 nitrogen and oxygen atoms in total. The standard InChI is InChI=1S/C15H29N3O/c1-12(2)17(3)11-15(19)18-8-6-14(7-9-18)16-10-13-4-5-13/h12-14,16H,4-11H2,1-3H3. The van der Waals surface area contributed by atoms with Crippen molar-refractivity contribution in [1.29, 1.82) is 0 Å². The highest BCUT2D eigenvalue weighted by molar-refractivity contribution is 5.78. The highest BCUT2D eigenvalue weighted by Crippen LogP contribution is 2.28. The Morgan fingerprint density at radius 2 is 1.89 bits per heavy atom. The van der Waals surface area contributed by atoms with E-state index in [2.05, 4.69) is 24.1 Å². The summed E-state index contributed by atoms with van der Waals surface area (Å²) < 4.78 is 0. The van der Waals surface area contributed by atoms with Crippen LogP contribution in [0.25, 0.3) is 0 Å². The largest absolute Gasteiger partial charge is 0.341 e. The molecular weight excluding hydrogens is 238 g/mol. The molecule has 2 fully saturated rings. The van der Waals surface area contributed by atoms with Gasteiger partial charge >= 0.3 is 0 Å². The van der Waals surface area contributed by atoms with Crippen LogP contribution in [0.2, 0.25) is 0 Å². The van der Waals surface area contributed by atoms with Gasteiger partial charge in [0.25, 0.3) is 0 Å². The minimum atomic E-state index is 0.289. The maximum Gasteiger partial charge on any atom is 0.236 e. The average Bonchev–Trinajstić information content (AvgIpc) is 3.20. The first-order valence-electron chi connectivity index (χ1n) is 7.77. The first kappa shape index (κ1) is 14.8. The Hall–Kier alpha value is -0.610. The number of hydrogen-bond acceptors (Lipinski definition) is 3. The van der Waals surface area contributed by atoms with E-state index in [0.717, 1.165) is 31.8 Å². The van der Waals surface area contributed by atoms with Gasteiger partial charge in [0, 0.05) is 25.2 Å². The van der Waals surface area contributed by atoms with E-state index < -0.39 is 0 Å². The van der Waals surface area contributed by atoms with Crippen molar-refractivity contribution in [3.05, 3.63) is 0 Å². The molecule has 4 heteroatoms. The van der Waals surface area contributed by atoms with E-state index in [1.807, 2.05) is 11.9 Å². The summed E-state index contributed by atoms with van der Waals surface area (Å²) in [7, 11) is 2.02. The molecule has 1 saturated carbocycles. The average molecular weight is 267 g/mol. The molecular formula is C15H29N3O. The van der Waals surface area contributed by atoms with Gasteiger partial charge in [-0.15, -0.1) is 0 Å². The van der Waals surface area contributed by atoms with Crippen LogP contribution in [0.1, 0.15) is 39.5 Å². The second kappa shape index (κ2) is 6.71. The van der Waals surface area contributed by atoms with E-state index in [0.29, 0.717) is 18.6 Å². The molecule has 2 aliphatic rings. The lowest BCUT2D eigenvalue weighted by Gasteiger charge is -2.34. The Labute approximate surface area is 117 Å². The van der Waals surface area contributed by atoms with Crippen molar-refractivity contribution in [3.8, 4) is 0 Å². The molecule has 1 saturated heterocycles. The fourth-order valence-corrected chi connectivity index (χ4v) is 2.48. The molecule has 1 aliphatic heterocycles. The number of nitrogens with zero attached hydrogens (tertiary/aromatic N) is 2. The van der Waals surface area contributed by atoms with Crippen molar-refractivity contribution in [3.63, 3.8) is 0 Å². The Kier molecular flexibility index (Phi) is 5.22. The van der Waals surface area contributed by atoms with Crippen molar-refractivity contribution in [1.82, 2.24) is 15.1 Å². The van der Waals surface area contributed by atoms with Crippen LogP contribution >= 0.6 is 0 Å². The van der Waals surface area contributed by atoms with E-state index >= 15 is 0 Å². The van der Waals surface area contributed by atoms with Gasteiger partial charge in [-0.2, -0.15) is 0 Å². The first-order chi connectivity index (χ1) is 9.06. The zero-order valence-electron chi connectivity index (χ0n) is 12.7. The Bertz CT molecular complexity index is 294. The minimum absolute atomic E-state index is 0.289. The summed E-state index contributed by atoms with van der Waals surface area (Å²) in [5, 5.41) is 3.65. The highest BCUT2D eigenvalue weighted by Gasteiger charge is 2.26. The van der Waals surface area contributed by atoms with Gasteiger partial charge in [0.2, 0.25) is 5.91 Å². The minimum Gasteiger partial charge on any atom is -0.341 e. The van der Waals surface area contributed by atoms with Crippen LogP contribution < -0.4 is 5.32 Å². The van der Waals surface area contributed by atoms with Crippen molar-refractivity contribution < 1.29 is 4.79 Å². The van der Waals surface area contributed by atoms with Gasteiger partial charge in [-0.05, 0) is 59.0 Å². The number of likely N-dealkylation sites (tertiary alicyclic amines) is 1. The van der Waals surface area contributed by atoms with Gasteiger partial charge in [0.15, 0.2) is 0 Å². The van der Waals surface area contributed by atoms with Crippen LogP contribution in [0.15, 0.2) is 0 Å². The second-order valence-electron chi connectivity index (χ2n) is 6.52. The predicted molar refractivity (Wildman–Crippen MR) is 78.1 cm³/mol. The van der Waals surface area contributed by atoms with E-state index in [9.17, 15) is 4.79 Å². The monoisotopic (exact) mass is 267 g/mol. The predicted octanol–water partition coefficient (Wildman–Crippen LogP) is 1.32. The molecule has 0 unspecified atom stereocenters. The zero-order chi connectivity index (χ0) is 13.8. The molecule has 0 radical (unpaired) electrons. The molecule has 1 N–H and O–H groups in total. The van der Waals surface area contributed by atoms with Gasteiger partial charge in [0.05, 0.1) is 6.54 Å². The summed E-state index contributed by atoms with van der Waals surface area (Å²) in [6, 6.07) is 1.06. The second-order valence-corrected chi connectivity index (χ2v) is 6.52. The molecule has 0 aromatic carbocycles. The molecule has 0 bridgehead atoms. The SMILES string of the molecule is CC(C)N(C)CC(=O)N1CCC(NCC2CC2)CC1. The van der Waals surface area contributed by atoms with Crippen molar-refractivity contribution in [2.75, 3.05) is 33.2 Å². The van der Waals surface area contributed by atoms with Crippen LogP contribution in [0.3, 0.4) is 0 Å². The molecule has 1 aliphatic carbocycles. The number of piperidine rings is 1. The fraction of sp³-hybridized carbons (Fsp3) is 0.933. The third-order valence-corrected chi connectivity index (χ3v) is 4.51. The molecule has 0 spiro atoms. The molecule has 110 valence electrons. The summed E-state index contributed by atoms with van der Waals surface area (Å²) >= 11 is 0. The summed E-state index contributed by atoms with van der Waals surface area (Å²) in [6.07, 6.45) is 5.05. The maximum atomic E-state index is 12.2. The molecule has 0 aromatic rings. The highest BCUT2D eigenvalue weighted by atomic mass is 16.2. The van der Waals surface area contributed by atoms with Gasteiger partial charge in [0.1, 0.15) is 0 Å². The van der Waals surface area contributed by atoms with Crippen LogP contribution in [-0.4, -0.2) is 61.0 Å². The van der Waals surface area contributed by atoms with Gasteiger partial charge in [-0.25, -0.2) is 0 Å². The van der Waals surface area contributed by atoms with Gasteiger partial charge in [-0.1, -0.05) is 0 Å². The lowest BCUT2D eigenvalue weighted by atomic mass is 10.0. The van der Waals surface area contributed by atoms with Crippen molar-refractivity contribution >= 4 is 5.91 Å². The third-order valence-electron chi connectivity index (χ3n) is 4.51. The fourth-order valence-electron chi connectivity index (χ4n) is 2.48. The lowest BCUT2D eigenvalue weighted by Crippen LogP contribution is -2.48. The topological polar surface area (TPSA) is 35.6 Å². The van der Waals surface area contributed by atoms with Crippen LogP contribution in [-0.2, 0) is 4.79 Å². The van der Waals surface area contributed by atoms with E-state index in [1.54, 1.807) is 0 Å². The number of likely N-dealkylation sites (N-methyl/N-ethyl adjacent to an activating group) is 1. The number of carbonyl (C=O) groups is 1. The number of nitrogens with one attached hydrogen (secondary N) is 1. The first-order valence-corrected chi connectivity index (χ1v) is 7.77. The molecule has 0 aromatic heterocycles. The van der Waals surface area contributed by atoms with E-state index in [4.69, 9.17) is 0 Å². The Morgan fingerprint density at radius 1 is 1.26 bits per heavy atom. The molecule has 1 heterocycles. The summed E-state index contributed by atoms with van der Waals surface area (Å²) in [6.45, 7) is 7.84. The van der Waals surface area contributed by atoms with Crippen LogP contribution in [0.5, 0.6) is 0 Å². The van der Waals surface area contributed by atoms with Crippen LogP contribution in [0, 0.1) is 5.92 Å². The summed E-state index contributed by atoms with van der Waals surface area (Å²) in [4.78, 5) is 16.3. The van der Waals surface area contributed by atoms with Gasteiger partial charge in [-0.3, -0.25) is 9.69 Å². The molecule has 19 heavy (non-hydrogen) atoms. The van der Waals surface area contributed by atoms with Crippen LogP contribution in [0.4, 0.5) is 0 Å². The van der Waals surface area contributed by atoms with E-state index in [-0.39, 0.29) is 5.91 Å². The molecule has 1 amide bonds. The molecule has 0 atom stereocenters. The Morgan fingerprint density at radius 3 is 2.42 bits per heavy atom. The van der Waals surface area contributed by atoms with Crippen molar-refractivity contribution in [2.24, 2.45) is 5.92 Å². The smallest absolute Gasteiger partial charge is 0.236 e. The molecule has 2 rings (SSSR count). The van der Waals surface area contributed by atoms with Gasteiger partial charge < -0.3 is 10.2 Å². The number of amides is 1. The summed E-state index contributed by atoms with van der Waals surface area (Å²) in [5.74, 6) is 1.23. The quantitative estimate of drug-likeness (QED) is 0.788. The number of rotatable bonds is 6. The lowest BCUT2D eigenvalue weighted by molar-refractivity contribution is -0.133. The van der Waals surface area contributed by atoms with Crippen molar-refractivity contribution in [2.45, 2.75) is 51.6 Å². The maximum absolute atomic E-state index is 12.2. The Balaban J connectivity index is 1.65. The zero-order valence-corrected chi connectivity index (χ0v) is 12.7. The normalized spacial score (nSPS) is 21.4. The number of carbonyl (C=O) groups excluding carboxylic acids is 1. The summed E-state index contributed by atoms with van der Waals surface area (Å²) in [5.41, 5.74) is 0. The number of hydrogen-bond donors (Lipinski definition) is 1.